The van der Waals surface area contributed by atoms with E-state index in [-0.39, 0.29) is 35.8 Å². The molecule has 1 saturated heterocycles. The van der Waals surface area contributed by atoms with E-state index in [1.165, 1.54) is 12.3 Å². The second kappa shape index (κ2) is 8.67. The molecule has 0 spiro atoms. The van der Waals surface area contributed by atoms with Gasteiger partial charge in [0.2, 0.25) is 5.95 Å². The Morgan fingerprint density at radius 2 is 2.03 bits per heavy atom. The molecule has 2 N–H and O–H groups in total. The Labute approximate surface area is 180 Å². The van der Waals surface area contributed by atoms with Crippen LogP contribution in [0.2, 0.25) is 0 Å². The molecule has 1 aliphatic heterocycles. The van der Waals surface area contributed by atoms with Gasteiger partial charge in [0, 0.05) is 49.6 Å². The van der Waals surface area contributed by atoms with Gasteiger partial charge >= 0.3 is 12.4 Å². The molecule has 2 fully saturated rings. The minimum absolute atomic E-state index is 0.0442. The van der Waals surface area contributed by atoms with Crippen LogP contribution in [0.1, 0.15) is 24.8 Å². The van der Waals surface area contributed by atoms with Gasteiger partial charge in [-0.2, -0.15) is 0 Å². The van der Waals surface area contributed by atoms with Crippen molar-refractivity contribution in [2.75, 3.05) is 18.0 Å². The minimum atomic E-state index is -4.91. The molecule has 0 radical (unpaired) electrons. The van der Waals surface area contributed by atoms with Crippen LogP contribution in [0.4, 0.5) is 28.3 Å². The van der Waals surface area contributed by atoms with Crippen LogP contribution in [0.3, 0.4) is 0 Å². The number of anilines is 1. The van der Waals surface area contributed by atoms with Gasteiger partial charge < -0.3 is 19.9 Å². The number of hydrogen-bond donors (Lipinski definition) is 2. The normalized spacial score (nSPS) is 18.5. The first-order valence-corrected chi connectivity index (χ1v) is 10.1. The van der Waals surface area contributed by atoms with Crippen molar-refractivity contribution in [2.45, 2.75) is 44.3 Å². The van der Waals surface area contributed by atoms with E-state index in [4.69, 9.17) is 0 Å². The minimum Gasteiger partial charge on any atom is -0.406 e. The summed E-state index contributed by atoms with van der Waals surface area (Å²) >= 11 is 0. The second-order valence-electron chi connectivity index (χ2n) is 7.74. The molecule has 1 aromatic carbocycles. The maximum atomic E-state index is 14.2. The third-order valence-corrected chi connectivity index (χ3v) is 5.38. The molecule has 0 bridgehead atoms. The van der Waals surface area contributed by atoms with Gasteiger partial charge in [0.15, 0.2) is 0 Å². The monoisotopic (exact) mass is 455 g/mol. The quantitative estimate of drug-likeness (QED) is 0.654. The number of nitrogens with zero attached hydrogens (tertiary/aromatic N) is 3. The third kappa shape index (κ3) is 5.29. The van der Waals surface area contributed by atoms with Gasteiger partial charge in [-0.25, -0.2) is 14.2 Å². The standard InChI is InChI=1S/C20H21F4N5O3/c21-16-9-15(32-20(22,23)24)4-1-12(16)10-26-19(31)29(13-2-3-13)14-6-8-28(11-14)18-25-7-5-17(30)27-18/h1,4-5,7,9,13-14H,2-3,6,8,10-11H2,(H,26,31)(H,25,27,30)/t14-/m1/s1. The van der Waals surface area contributed by atoms with E-state index >= 15 is 0 Å². The summed E-state index contributed by atoms with van der Waals surface area (Å²) in [6.45, 7) is 0.933. The number of H-pyrrole nitrogens is 1. The van der Waals surface area contributed by atoms with Crippen molar-refractivity contribution in [1.82, 2.24) is 20.2 Å². The molecule has 8 nitrogen and oxygen atoms in total. The van der Waals surface area contributed by atoms with Gasteiger partial charge in [-0.1, -0.05) is 6.07 Å². The molecule has 2 aliphatic rings. The van der Waals surface area contributed by atoms with Crippen molar-refractivity contribution in [3.8, 4) is 5.75 Å². The van der Waals surface area contributed by atoms with Crippen LogP contribution in [-0.2, 0) is 6.54 Å². The Balaban J connectivity index is 1.38. The van der Waals surface area contributed by atoms with Crippen LogP contribution in [-0.4, -0.2) is 52.4 Å². The molecule has 1 saturated carbocycles. The first-order valence-electron chi connectivity index (χ1n) is 10.1. The van der Waals surface area contributed by atoms with Crippen molar-refractivity contribution in [3.05, 3.63) is 52.2 Å². The summed E-state index contributed by atoms with van der Waals surface area (Å²) in [5, 5.41) is 2.66. The number of rotatable bonds is 6. The molecule has 2 aromatic rings. The first-order chi connectivity index (χ1) is 15.2. The number of carbonyl (C=O) groups is 1. The Kier molecular flexibility index (Phi) is 5.94. The fourth-order valence-electron chi connectivity index (χ4n) is 3.79. The second-order valence-corrected chi connectivity index (χ2v) is 7.74. The number of urea groups is 1. The number of ether oxygens (including phenoxy) is 1. The molecule has 1 aromatic heterocycles. The highest BCUT2D eigenvalue weighted by Crippen LogP contribution is 2.32. The van der Waals surface area contributed by atoms with Gasteiger partial charge in [-0.15, -0.1) is 13.2 Å². The number of hydrogen-bond acceptors (Lipinski definition) is 5. The Bertz CT molecular complexity index is 1040. The zero-order chi connectivity index (χ0) is 22.9. The lowest BCUT2D eigenvalue weighted by atomic mass is 10.2. The summed E-state index contributed by atoms with van der Waals surface area (Å²) < 4.78 is 54.7. The van der Waals surface area contributed by atoms with Gasteiger partial charge in [0.05, 0.1) is 6.04 Å². The highest BCUT2D eigenvalue weighted by molar-refractivity contribution is 5.75. The molecular weight excluding hydrogens is 434 g/mol. The predicted octanol–water partition coefficient (Wildman–Crippen LogP) is 2.76. The van der Waals surface area contributed by atoms with Crippen molar-refractivity contribution in [3.63, 3.8) is 0 Å². The van der Waals surface area contributed by atoms with E-state index in [1.807, 2.05) is 4.90 Å². The first kappa shape index (κ1) is 21.9. The maximum absolute atomic E-state index is 14.2. The van der Waals surface area contributed by atoms with Crippen LogP contribution in [0.15, 0.2) is 35.3 Å². The SMILES string of the molecule is O=C(NCc1ccc(OC(F)(F)F)cc1F)N(C1CC1)[C@@H]1CCN(c2nccc(=O)[nH]2)C1. The summed E-state index contributed by atoms with van der Waals surface area (Å²) in [4.78, 5) is 34.9. The summed E-state index contributed by atoms with van der Waals surface area (Å²) in [5.41, 5.74) is -0.216. The Morgan fingerprint density at radius 3 is 2.69 bits per heavy atom. The topological polar surface area (TPSA) is 90.6 Å². The van der Waals surface area contributed by atoms with Crippen molar-refractivity contribution in [2.24, 2.45) is 0 Å². The summed E-state index contributed by atoms with van der Waals surface area (Å²) in [5.74, 6) is -1.13. The van der Waals surface area contributed by atoms with Crippen LogP contribution < -0.4 is 20.5 Å². The van der Waals surface area contributed by atoms with E-state index in [1.54, 1.807) is 4.90 Å². The predicted molar refractivity (Wildman–Crippen MR) is 106 cm³/mol. The lowest BCUT2D eigenvalue weighted by Crippen LogP contribution is -2.48. The summed E-state index contributed by atoms with van der Waals surface area (Å²) in [7, 11) is 0. The number of amides is 2. The zero-order valence-electron chi connectivity index (χ0n) is 16.9. The van der Waals surface area contributed by atoms with E-state index < -0.39 is 17.9 Å². The molecule has 1 aliphatic carbocycles. The maximum Gasteiger partial charge on any atom is 0.573 e. The van der Waals surface area contributed by atoms with Gasteiger partial charge in [-0.05, 0) is 25.3 Å². The van der Waals surface area contributed by atoms with E-state index in [9.17, 15) is 27.2 Å². The number of benzene rings is 1. The lowest BCUT2D eigenvalue weighted by Gasteiger charge is -2.29. The molecule has 2 heterocycles. The van der Waals surface area contributed by atoms with Gasteiger partial charge in [0.1, 0.15) is 11.6 Å². The Hall–Kier alpha value is -3.31. The summed E-state index contributed by atoms with van der Waals surface area (Å²) in [6.07, 6.45) is -1.08. The highest BCUT2D eigenvalue weighted by Gasteiger charge is 2.40. The van der Waals surface area contributed by atoms with Crippen LogP contribution >= 0.6 is 0 Å². The summed E-state index contributed by atoms with van der Waals surface area (Å²) in [6, 6.07) is 3.70. The van der Waals surface area contributed by atoms with Crippen molar-refractivity contribution >= 4 is 12.0 Å². The number of carbonyl (C=O) groups excluding carboxylic acids is 1. The number of alkyl halides is 3. The molecule has 12 heteroatoms. The van der Waals surface area contributed by atoms with E-state index in [0.29, 0.717) is 31.5 Å². The molecule has 1 atom stereocenters. The molecule has 0 unspecified atom stereocenters. The van der Waals surface area contributed by atoms with Crippen molar-refractivity contribution in [1.29, 1.82) is 0 Å². The molecule has 172 valence electrons. The van der Waals surface area contributed by atoms with E-state index in [0.717, 1.165) is 25.0 Å². The van der Waals surface area contributed by atoms with Crippen molar-refractivity contribution < 1.29 is 27.1 Å². The molecule has 2 amide bonds. The van der Waals surface area contributed by atoms with E-state index in [2.05, 4.69) is 20.0 Å². The third-order valence-electron chi connectivity index (χ3n) is 5.38. The highest BCUT2D eigenvalue weighted by atomic mass is 19.4. The number of aromatic nitrogens is 2. The molecule has 32 heavy (non-hydrogen) atoms. The number of aromatic amines is 1. The molecular formula is C20H21F4N5O3. The lowest BCUT2D eigenvalue weighted by molar-refractivity contribution is -0.274. The van der Waals surface area contributed by atoms with Crippen LogP contribution in [0.25, 0.3) is 0 Å². The fourth-order valence-corrected chi connectivity index (χ4v) is 3.79. The largest absolute Gasteiger partial charge is 0.573 e. The van der Waals surface area contributed by atoms with Gasteiger partial charge in [0.25, 0.3) is 5.56 Å². The smallest absolute Gasteiger partial charge is 0.406 e. The van der Waals surface area contributed by atoms with Gasteiger partial charge in [-0.3, -0.25) is 9.78 Å². The Morgan fingerprint density at radius 1 is 1.25 bits per heavy atom. The van der Waals surface area contributed by atoms with Crippen LogP contribution in [0.5, 0.6) is 5.75 Å². The average Bonchev–Trinajstić information content (AvgIpc) is 3.42. The zero-order valence-corrected chi connectivity index (χ0v) is 16.9. The number of nitrogens with one attached hydrogen (secondary N) is 2. The molecule has 4 rings (SSSR count). The average molecular weight is 455 g/mol. The fraction of sp³-hybridized carbons (Fsp3) is 0.450. The van der Waals surface area contributed by atoms with Crippen LogP contribution in [0, 0.1) is 5.82 Å². The number of halogens is 4.